The van der Waals surface area contributed by atoms with Gasteiger partial charge in [0.25, 0.3) is 0 Å². The highest BCUT2D eigenvalue weighted by Gasteiger charge is 2.15. The van der Waals surface area contributed by atoms with Crippen molar-refractivity contribution in [3.8, 4) is 0 Å². The third-order valence-electron chi connectivity index (χ3n) is 3.35. The Kier molecular flexibility index (Phi) is 2.45. The van der Waals surface area contributed by atoms with Gasteiger partial charge in [-0.1, -0.05) is 48.6 Å². The van der Waals surface area contributed by atoms with Gasteiger partial charge >= 0.3 is 0 Å². The SMILES string of the molecule is Nc1ccc2c(c1)C=CC(c1ccccc1)C2. The van der Waals surface area contributed by atoms with Crippen molar-refractivity contribution in [3.63, 3.8) is 0 Å². The summed E-state index contributed by atoms with van der Waals surface area (Å²) < 4.78 is 0. The van der Waals surface area contributed by atoms with Crippen LogP contribution < -0.4 is 5.73 Å². The molecule has 0 saturated carbocycles. The molecular weight excluding hydrogens is 206 g/mol. The molecule has 0 spiro atoms. The number of rotatable bonds is 1. The van der Waals surface area contributed by atoms with Crippen molar-refractivity contribution >= 4 is 11.8 Å². The molecule has 1 heteroatoms. The molecule has 0 radical (unpaired) electrons. The van der Waals surface area contributed by atoms with Crippen LogP contribution in [0.25, 0.3) is 6.08 Å². The van der Waals surface area contributed by atoms with Crippen molar-refractivity contribution in [3.05, 3.63) is 71.3 Å². The van der Waals surface area contributed by atoms with E-state index in [1.165, 1.54) is 16.7 Å². The fraction of sp³-hybridized carbons (Fsp3) is 0.125. The zero-order valence-electron chi connectivity index (χ0n) is 9.64. The molecule has 0 bridgehead atoms. The minimum Gasteiger partial charge on any atom is -0.399 e. The van der Waals surface area contributed by atoms with Crippen molar-refractivity contribution in [1.29, 1.82) is 0 Å². The van der Waals surface area contributed by atoms with Gasteiger partial charge in [-0.2, -0.15) is 0 Å². The molecule has 0 fully saturated rings. The van der Waals surface area contributed by atoms with Gasteiger partial charge in [-0.25, -0.2) is 0 Å². The number of hydrogen-bond acceptors (Lipinski definition) is 1. The van der Waals surface area contributed by atoms with Gasteiger partial charge in [-0.05, 0) is 35.2 Å². The number of hydrogen-bond donors (Lipinski definition) is 1. The highest BCUT2D eigenvalue weighted by molar-refractivity contribution is 5.63. The van der Waals surface area contributed by atoms with E-state index in [0.717, 1.165) is 12.1 Å². The lowest BCUT2D eigenvalue weighted by atomic mass is 9.85. The first kappa shape index (κ1) is 10.2. The molecule has 17 heavy (non-hydrogen) atoms. The van der Waals surface area contributed by atoms with Crippen molar-refractivity contribution in [2.24, 2.45) is 0 Å². The predicted molar refractivity (Wildman–Crippen MR) is 72.8 cm³/mol. The van der Waals surface area contributed by atoms with Crippen molar-refractivity contribution in [1.82, 2.24) is 0 Å². The molecule has 3 rings (SSSR count). The molecule has 0 aliphatic heterocycles. The summed E-state index contributed by atoms with van der Waals surface area (Å²) in [6.07, 6.45) is 5.53. The summed E-state index contributed by atoms with van der Waals surface area (Å²) in [6, 6.07) is 16.8. The third-order valence-corrected chi connectivity index (χ3v) is 3.35. The van der Waals surface area contributed by atoms with Crippen LogP contribution in [0.3, 0.4) is 0 Å². The summed E-state index contributed by atoms with van der Waals surface area (Å²) in [4.78, 5) is 0. The van der Waals surface area contributed by atoms with E-state index >= 15 is 0 Å². The molecule has 1 aliphatic carbocycles. The summed E-state index contributed by atoms with van der Waals surface area (Å²) in [7, 11) is 0. The number of anilines is 1. The Hall–Kier alpha value is -2.02. The molecule has 1 atom stereocenters. The molecule has 0 saturated heterocycles. The summed E-state index contributed by atoms with van der Waals surface area (Å²) in [5, 5.41) is 0. The standard InChI is InChI=1S/C16H15N/c17-16-9-8-14-10-13(6-7-15(14)11-16)12-4-2-1-3-5-12/h1-9,11,13H,10,17H2. The van der Waals surface area contributed by atoms with Crippen molar-refractivity contribution in [2.75, 3.05) is 5.73 Å². The van der Waals surface area contributed by atoms with Crippen LogP contribution in [-0.4, -0.2) is 0 Å². The minimum atomic E-state index is 0.493. The van der Waals surface area contributed by atoms with Crippen LogP contribution >= 0.6 is 0 Å². The average molecular weight is 221 g/mol. The predicted octanol–water partition coefficient (Wildman–Crippen LogP) is 3.62. The second-order valence-corrected chi connectivity index (χ2v) is 4.54. The first-order valence-electron chi connectivity index (χ1n) is 5.94. The van der Waals surface area contributed by atoms with Gasteiger partial charge in [0.2, 0.25) is 0 Å². The van der Waals surface area contributed by atoms with Crippen molar-refractivity contribution < 1.29 is 0 Å². The normalized spacial score (nSPS) is 17.8. The van der Waals surface area contributed by atoms with Gasteiger partial charge in [0, 0.05) is 11.6 Å². The van der Waals surface area contributed by atoms with Crippen LogP contribution in [0.4, 0.5) is 5.69 Å². The molecule has 1 aliphatic rings. The van der Waals surface area contributed by atoms with Gasteiger partial charge in [0.1, 0.15) is 0 Å². The molecule has 2 N–H and O–H groups in total. The Bertz CT molecular complexity index is 555. The number of benzene rings is 2. The van der Waals surface area contributed by atoms with Gasteiger partial charge in [0.15, 0.2) is 0 Å². The lowest BCUT2D eigenvalue weighted by Crippen LogP contribution is -2.06. The Morgan fingerprint density at radius 1 is 1.00 bits per heavy atom. The zero-order valence-corrected chi connectivity index (χ0v) is 9.64. The number of nitrogens with two attached hydrogens (primary N) is 1. The minimum absolute atomic E-state index is 0.493. The molecule has 2 aromatic carbocycles. The van der Waals surface area contributed by atoms with E-state index in [2.05, 4.69) is 48.6 Å². The first-order chi connectivity index (χ1) is 8.33. The summed E-state index contributed by atoms with van der Waals surface area (Å²) in [5.74, 6) is 0.493. The van der Waals surface area contributed by atoms with Crippen LogP contribution in [0.1, 0.15) is 22.6 Å². The third kappa shape index (κ3) is 1.96. The zero-order chi connectivity index (χ0) is 11.7. The molecule has 2 aromatic rings. The molecule has 0 amide bonds. The van der Waals surface area contributed by atoms with E-state index in [9.17, 15) is 0 Å². The van der Waals surface area contributed by atoms with Gasteiger partial charge in [-0.15, -0.1) is 0 Å². The lowest BCUT2D eigenvalue weighted by Gasteiger charge is -2.20. The van der Waals surface area contributed by atoms with E-state index in [-0.39, 0.29) is 0 Å². The maximum Gasteiger partial charge on any atom is 0.0320 e. The quantitative estimate of drug-likeness (QED) is 0.731. The average Bonchev–Trinajstić information content (AvgIpc) is 2.39. The summed E-state index contributed by atoms with van der Waals surface area (Å²) in [6.45, 7) is 0. The number of nitrogen functional groups attached to an aromatic ring is 1. The number of fused-ring (bicyclic) bond motifs is 1. The Labute approximate surface area is 102 Å². The van der Waals surface area contributed by atoms with Crippen LogP contribution in [-0.2, 0) is 6.42 Å². The smallest absolute Gasteiger partial charge is 0.0320 e. The van der Waals surface area contributed by atoms with Crippen LogP contribution in [0.2, 0.25) is 0 Å². The monoisotopic (exact) mass is 221 g/mol. The Morgan fingerprint density at radius 3 is 2.65 bits per heavy atom. The maximum absolute atomic E-state index is 5.79. The highest BCUT2D eigenvalue weighted by atomic mass is 14.5. The van der Waals surface area contributed by atoms with E-state index in [4.69, 9.17) is 5.73 Å². The van der Waals surface area contributed by atoms with Gasteiger partial charge in [-0.3, -0.25) is 0 Å². The molecular formula is C16H15N. The van der Waals surface area contributed by atoms with E-state index in [1.807, 2.05) is 12.1 Å². The van der Waals surface area contributed by atoms with Gasteiger partial charge < -0.3 is 5.73 Å². The van der Waals surface area contributed by atoms with Gasteiger partial charge in [0.05, 0.1) is 0 Å². The molecule has 0 aromatic heterocycles. The molecule has 0 heterocycles. The largest absolute Gasteiger partial charge is 0.399 e. The summed E-state index contributed by atoms with van der Waals surface area (Å²) >= 11 is 0. The first-order valence-corrected chi connectivity index (χ1v) is 5.94. The maximum atomic E-state index is 5.79. The highest BCUT2D eigenvalue weighted by Crippen LogP contribution is 2.30. The fourth-order valence-corrected chi connectivity index (χ4v) is 2.41. The van der Waals surface area contributed by atoms with Crippen LogP contribution in [0.5, 0.6) is 0 Å². The molecule has 1 unspecified atom stereocenters. The Balaban J connectivity index is 1.94. The fourth-order valence-electron chi connectivity index (χ4n) is 2.41. The number of allylic oxidation sites excluding steroid dienone is 1. The van der Waals surface area contributed by atoms with E-state index in [0.29, 0.717) is 5.92 Å². The van der Waals surface area contributed by atoms with E-state index < -0.39 is 0 Å². The van der Waals surface area contributed by atoms with E-state index in [1.54, 1.807) is 0 Å². The topological polar surface area (TPSA) is 26.0 Å². The molecule has 1 nitrogen and oxygen atoms in total. The second kappa shape index (κ2) is 4.10. The van der Waals surface area contributed by atoms with Crippen LogP contribution in [0, 0.1) is 0 Å². The molecule has 84 valence electrons. The summed E-state index contributed by atoms with van der Waals surface area (Å²) in [5.41, 5.74) is 10.7. The lowest BCUT2D eigenvalue weighted by molar-refractivity contribution is 0.827. The Morgan fingerprint density at radius 2 is 1.82 bits per heavy atom. The van der Waals surface area contributed by atoms with Crippen LogP contribution in [0.15, 0.2) is 54.6 Å². The van der Waals surface area contributed by atoms with Crippen molar-refractivity contribution in [2.45, 2.75) is 12.3 Å². The second-order valence-electron chi connectivity index (χ2n) is 4.54.